The first-order chi connectivity index (χ1) is 15.5. The lowest BCUT2D eigenvalue weighted by Gasteiger charge is -2.34. The number of ether oxygens (including phenoxy) is 1. The standard InChI is InChI=1S/C26H28ClN3O2/c1-4-7-20-8-5-6-9-25(20)32-22-12-14-29(15-13-22)24-11-10-21(17-23(24)27)30-19(3)28-18(2)16-26(30)31/h4-6,8-11,16-17,22H,1,7,12-15H2,2-3H3. The van der Waals surface area contributed by atoms with Crippen molar-refractivity contribution < 1.29 is 4.74 Å². The van der Waals surface area contributed by atoms with Crippen molar-refractivity contribution in [3.8, 4) is 11.4 Å². The Morgan fingerprint density at radius 2 is 1.91 bits per heavy atom. The minimum atomic E-state index is -0.103. The van der Waals surface area contributed by atoms with Crippen LogP contribution in [0.3, 0.4) is 0 Å². The lowest BCUT2D eigenvalue weighted by atomic mass is 10.1. The van der Waals surface area contributed by atoms with Gasteiger partial charge in [0, 0.05) is 37.7 Å². The highest BCUT2D eigenvalue weighted by Crippen LogP contribution is 2.31. The van der Waals surface area contributed by atoms with Gasteiger partial charge in [-0.05, 0) is 50.1 Å². The highest BCUT2D eigenvalue weighted by atomic mass is 35.5. The number of hydrogen-bond donors (Lipinski definition) is 0. The molecule has 0 atom stereocenters. The summed E-state index contributed by atoms with van der Waals surface area (Å²) in [5, 5.41) is 0.630. The summed E-state index contributed by atoms with van der Waals surface area (Å²) in [6.07, 6.45) is 4.71. The first-order valence-electron chi connectivity index (χ1n) is 10.9. The largest absolute Gasteiger partial charge is 0.490 e. The van der Waals surface area contributed by atoms with Crippen LogP contribution in [-0.2, 0) is 6.42 Å². The minimum absolute atomic E-state index is 0.103. The lowest BCUT2D eigenvalue weighted by Crippen LogP contribution is -2.38. The van der Waals surface area contributed by atoms with Crippen molar-refractivity contribution in [2.24, 2.45) is 0 Å². The topological polar surface area (TPSA) is 47.4 Å². The van der Waals surface area contributed by atoms with Crippen LogP contribution in [0.25, 0.3) is 5.69 Å². The number of anilines is 1. The lowest BCUT2D eigenvalue weighted by molar-refractivity contribution is 0.169. The zero-order valence-electron chi connectivity index (χ0n) is 18.6. The third kappa shape index (κ3) is 4.73. The number of aryl methyl sites for hydroxylation is 2. The molecule has 2 aromatic carbocycles. The van der Waals surface area contributed by atoms with E-state index < -0.39 is 0 Å². The zero-order valence-corrected chi connectivity index (χ0v) is 19.3. The van der Waals surface area contributed by atoms with E-state index in [1.54, 1.807) is 4.57 Å². The zero-order chi connectivity index (χ0) is 22.7. The van der Waals surface area contributed by atoms with Crippen molar-refractivity contribution in [1.82, 2.24) is 9.55 Å². The maximum absolute atomic E-state index is 12.5. The van der Waals surface area contributed by atoms with Gasteiger partial charge < -0.3 is 9.64 Å². The summed E-state index contributed by atoms with van der Waals surface area (Å²) in [5.41, 5.74) is 3.48. The molecular weight excluding hydrogens is 422 g/mol. The predicted molar refractivity (Wildman–Crippen MR) is 131 cm³/mol. The summed E-state index contributed by atoms with van der Waals surface area (Å²) in [6.45, 7) is 9.20. The third-order valence-corrected chi connectivity index (χ3v) is 6.12. The number of para-hydroxylation sites is 1. The van der Waals surface area contributed by atoms with Gasteiger partial charge in [-0.3, -0.25) is 9.36 Å². The van der Waals surface area contributed by atoms with Crippen molar-refractivity contribution in [1.29, 1.82) is 0 Å². The van der Waals surface area contributed by atoms with Crippen molar-refractivity contribution in [3.63, 3.8) is 0 Å². The summed E-state index contributed by atoms with van der Waals surface area (Å²) in [7, 11) is 0. The first kappa shape index (κ1) is 22.2. The predicted octanol–water partition coefficient (Wildman–Crippen LogP) is 5.28. The molecule has 0 aliphatic carbocycles. The van der Waals surface area contributed by atoms with Crippen LogP contribution < -0.4 is 15.2 Å². The van der Waals surface area contributed by atoms with Crippen LogP contribution in [0.1, 0.15) is 29.9 Å². The van der Waals surface area contributed by atoms with Crippen LogP contribution in [0.2, 0.25) is 5.02 Å². The minimum Gasteiger partial charge on any atom is -0.490 e. The second kappa shape index (κ2) is 9.61. The van der Waals surface area contributed by atoms with E-state index >= 15 is 0 Å². The molecule has 2 heterocycles. The highest BCUT2D eigenvalue weighted by Gasteiger charge is 2.23. The van der Waals surface area contributed by atoms with Crippen LogP contribution >= 0.6 is 11.6 Å². The number of halogens is 1. The number of piperidine rings is 1. The Morgan fingerprint density at radius 1 is 1.16 bits per heavy atom. The summed E-state index contributed by atoms with van der Waals surface area (Å²) in [6, 6.07) is 15.5. The second-order valence-electron chi connectivity index (χ2n) is 8.16. The van der Waals surface area contributed by atoms with Crippen LogP contribution in [0.15, 0.2) is 66.0 Å². The van der Waals surface area contributed by atoms with Crippen molar-refractivity contribution >= 4 is 17.3 Å². The normalized spacial score (nSPS) is 14.4. The van der Waals surface area contributed by atoms with Gasteiger partial charge in [0.15, 0.2) is 0 Å². The fraction of sp³-hybridized carbons (Fsp3) is 0.308. The molecule has 5 nitrogen and oxygen atoms in total. The van der Waals surface area contributed by atoms with Gasteiger partial charge in [0.1, 0.15) is 17.7 Å². The van der Waals surface area contributed by atoms with E-state index in [0.29, 0.717) is 16.5 Å². The van der Waals surface area contributed by atoms with Crippen molar-refractivity contribution in [2.75, 3.05) is 18.0 Å². The molecule has 32 heavy (non-hydrogen) atoms. The number of allylic oxidation sites excluding steroid dienone is 1. The van der Waals surface area contributed by atoms with E-state index in [1.165, 1.54) is 11.6 Å². The number of benzene rings is 2. The maximum atomic E-state index is 12.5. The Balaban J connectivity index is 1.46. The molecule has 0 saturated carbocycles. The van der Waals surface area contributed by atoms with E-state index in [9.17, 15) is 4.79 Å². The molecule has 6 heteroatoms. The molecule has 166 valence electrons. The summed E-state index contributed by atoms with van der Waals surface area (Å²) in [5.74, 6) is 1.59. The van der Waals surface area contributed by atoms with E-state index in [-0.39, 0.29) is 11.7 Å². The molecule has 1 saturated heterocycles. The number of nitrogens with zero attached hydrogens (tertiary/aromatic N) is 3. The van der Waals surface area contributed by atoms with Crippen LogP contribution in [0, 0.1) is 13.8 Å². The van der Waals surface area contributed by atoms with Gasteiger partial charge >= 0.3 is 0 Å². The molecule has 0 N–H and O–H groups in total. The van der Waals surface area contributed by atoms with Crippen LogP contribution in [0.4, 0.5) is 5.69 Å². The molecule has 0 amide bonds. The molecule has 0 bridgehead atoms. The van der Waals surface area contributed by atoms with Crippen LogP contribution in [-0.4, -0.2) is 28.7 Å². The van der Waals surface area contributed by atoms with Gasteiger partial charge in [0.05, 0.1) is 16.4 Å². The summed E-state index contributed by atoms with van der Waals surface area (Å²) in [4.78, 5) is 19.1. The van der Waals surface area contributed by atoms with Gasteiger partial charge in [-0.1, -0.05) is 35.9 Å². The molecule has 0 radical (unpaired) electrons. The van der Waals surface area contributed by atoms with Crippen LogP contribution in [0.5, 0.6) is 5.75 Å². The molecule has 0 unspecified atom stereocenters. The Morgan fingerprint density at radius 3 is 2.59 bits per heavy atom. The Labute approximate surface area is 193 Å². The molecule has 3 aromatic rings. The average Bonchev–Trinajstić information content (AvgIpc) is 2.75. The third-order valence-electron chi connectivity index (χ3n) is 5.82. The molecule has 1 fully saturated rings. The van der Waals surface area contributed by atoms with Gasteiger partial charge in [0.25, 0.3) is 5.56 Å². The highest BCUT2D eigenvalue weighted by molar-refractivity contribution is 6.33. The molecule has 4 rings (SSSR count). The quantitative estimate of drug-likeness (QED) is 0.480. The summed E-state index contributed by atoms with van der Waals surface area (Å²) < 4.78 is 7.90. The average molecular weight is 450 g/mol. The van der Waals surface area contributed by atoms with Gasteiger partial charge in [0.2, 0.25) is 0 Å². The van der Waals surface area contributed by atoms with E-state index in [1.807, 2.05) is 56.3 Å². The Hall–Kier alpha value is -3.05. The fourth-order valence-corrected chi connectivity index (χ4v) is 4.58. The molecular formula is C26H28ClN3O2. The van der Waals surface area contributed by atoms with E-state index in [0.717, 1.165) is 49.5 Å². The monoisotopic (exact) mass is 449 g/mol. The molecule has 1 aliphatic heterocycles. The van der Waals surface area contributed by atoms with Crippen molar-refractivity contribution in [3.05, 3.63) is 93.6 Å². The number of hydrogen-bond acceptors (Lipinski definition) is 4. The van der Waals surface area contributed by atoms with Gasteiger partial charge in [-0.15, -0.1) is 6.58 Å². The van der Waals surface area contributed by atoms with E-state index in [2.05, 4.69) is 22.5 Å². The number of rotatable bonds is 6. The van der Waals surface area contributed by atoms with Gasteiger partial charge in [-0.25, -0.2) is 4.98 Å². The molecule has 1 aromatic heterocycles. The molecule has 1 aliphatic rings. The smallest absolute Gasteiger partial charge is 0.258 e. The summed E-state index contributed by atoms with van der Waals surface area (Å²) >= 11 is 6.65. The second-order valence-corrected chi connectivity index (χ2v) is 8.57. The SMILES string of the molecule is C=CCc1ccccc1OC1CCN(c2ccc(-n3c(C)nc(C)cc3=O)cc2Cl)CC1. The van der Waals surface area contributed by atoms with Gasteiger partial charge in [-0.2, -0.15) is 0 Å². The maximum Gasteiger partial charge on any atom is 0.258 e. The fourth-order valence-electron chi connectivity index (χ4n) is 4.28. The van der Waals surface area contributed by atoms with Crippen molar-refractivity contribution in [2.45, 2.75) is 39.2 Å². The first-order valence-corrected chi connectivity index (χ1v) is 11.3. The molecule has 0 spiro atoms. The number of aromatic nitrogens is 2. The Bertz CT molecular complexity index is 1180. The van der Waals surface area contributed by atoms with E-state index in [4.69, 9.17) is 16.3 Å². The Kier molecular flexibility index (Phi) is 6.66.